The summed E-state index contributed by atoms with van der Waals surface area (Å²) in [6.07, 6.45) is 2.27. The molecule has 142 valence electrons. The van der Waals surface area contributed by atoms with Crippen LogP contribution in [-0.4, -0.2) is 43.2 Å². The first-order valence-electron chi connectivity index (χ1n) is 9.87. The number of nitrogens with zero attached hydrogens (tertiary/aromatic N) is 2. The minimum absolute atomic E-state index is 0.0621. The van der Waals surface area contributed by atoms with E-state index in [1.165, 1.54) is 5.69 Å². The van der Waals surface area contributed by atoms with E-state index in [0.29, 0.717) is 6.42 Å². The molecule has 2 aromatic carbocycles. The van der Waals surface area contributed by atoms with Gasteiger partial charge in [-0.05, 0) is 37.1 Å². The summed E-state index contributed by atoms with van der Waals surface area (Å²) in [7, 11) is 0. The number of anilines is 2. The lowest BCUT2D eigenvalue weighted by atomic mass is 10.0. The number of para-hydroxylation sites is 1. The highest BCUT2D eigenvalue weighted by molar-refractivity contribution is 5.94. The summed E-state index contributed by atoms with van der Waals surface area (Å²) >= 11 is 0. The van der Waals surface area contributed by atoms with Crippen LogP contribution in [0.5, 0.6) is 5.75 Å². The van der Waals surface area contributed by atoms with E-state index >= 15 is 0 Å². The third-order valence-corrected chi connectivity index (χ3v) is 5.46. The second-order valence-electron chi connectivity index (χ2n) is 7.17. The number of carbonyl (C=O) groups excluding carboxylic acids is 1. The lowest BCUT2D eigenvalue weighted by molar-refractivity contribution is -0.116. The van der Waals surface area contributed by atoms with Gasteiger partial charge in [0.25, 0.3) is 0 Å². The van der Waals surface area contributed by atoms with Crippen LogP contribution in [0.15, 0.2) is 48.5 Å². The van der Waals surface area contributed by atoms with Gasteiger partial charge in [0.05, 0.1) is 0 Å². The number of amides is 1. The predicted octanol–water partition coefficient (Wildman–Crippen LogP) is 3.51. The average Bonchev–Trinajstić information content (AvgIpc) is 2.72. The first kappa shape index (κ1) is 17.9. The Morgan fingerprint density at radius 2 is 1.78 bits per heavy atom. The molecule has 1 amide bonds. The SMILES string of the molecule is CCC(Oc1cccc2c1CCC(=O)N2)N1CCN(c2ccccc2)CC1. The van der Waals surface area contributed by atoms with Gasteiger partial charge < -0.3 is 15.0 Å². The monoisotopic (exact) mass is 365 g/mol. The molecule has 2 aromatic rings. The molecule has 1 unspecified atom stereocenters. The molecule has 5 heteroatoms. The zero-order valence-electron chi connectivity index (χ0n) is 15.9. The van der Waals surface area contributed by atoms with Crippen molar-refractivity contribution in [3.63, 3.8) is 0 Å². The fourth-order valence-corrected chi connectivity index (χ4v) is 3.97. The van der Waals surface area contributed by atoms with Crippen molar-refractivity contribution >= 4 is 17.3 Å². The predicted molar refractivity (Wildman–Crippen MR) is 108 cm³/mol. The average molecular weight is 365 g/mol. The van der Waals surface area contributed by atoms with Crippen molar-refractivity contribution in [3.05, 3.63) is 54.1 Å². The third-order valence-electron chi connectivity index (χ3n) is 5.46. The molecule has 0 radical (unpaired) electrons. The Bertz CT molecular complexity index is 785. The molecular formula is C22H27N3O2. The highest BCUT2D eigenvalue weighted by Crippen LogP contribution is 2.32. The molecule has 0 spiro atoms. The van der Waals surface area contributed by atoms with E-state index in [0.717, 1.165) is 56.0 Å². The summed E-state index contributed by atoms with van der Waals surface area (Å²) in [5.74, 6) is 0.994. The maximum Gasteiger partial charge on any atom is 0.224 e. The first-order valence-corrected chi connectivity index (χ1v) is 9.87. The smallest absolute Gasteiger partial charge is 0.224 e. The number of hydrogen-bond donors (Lipinski definition) is 1. The van der Waals surface area contributed by atoms with Gasteiger partial charge in [-0.15, -0.1) is 0 Å². The minimum Gasteiger partial charge on any atom is -0.475 e. The zero-order valence-corrected chi connectivity index (χ0v) is 15.9. The summed E-state index contributed by atoms with van der Waals surface area (Å²) in [4.78, 5) is 16.5. The fourth-order valence-electron chi connectivity index (χ4n) is 3.97. The Balaban J connectivity index is 1.42. The van der Waals surface area contributed by atoms with Gasteiger partial charge in [-0.3, -0.25) is 9.69 Å². The Hall–Kier alpha value is -2.53. The van der Waals surface area contributed by atoms with Crippen molar-refractivity contribution in [2.75, 3.05) is 36.4 Å². The number of fused-ring (bicyclic) bond motifs is 1. The molecule has 1 fully saturated rings. The molecule has 4 rings (SSSR count). The Kier molecular flexibility index (Phi) is 5.30. The maximum atomic E-state index is 11.6. The van der Waals surface area contributed by atoms with E-state index in [4.69, 9.17) is 4.74 Å². The summed E-state index contributed by atoms with van der Waals surface area (Å²) in [6.45, 7) is 6.16. The normalized spacial score (nSPS) is 18.6. The molecule has 0 bridgehead atoms. The van der Waals surface area contributed by atoms with E-state index in [1.54, 1.807) is 0 Å². The van der Waals surface area contributed by atoms with Gasteiger partial charge in [0, 0.05) is 49.5 Å². The topological polar surface area (TPSA) is 44.8 Å². The highest BCUT2D eigenvalue weighted by atomic mass is 16.5. The van der Waals surface area contributed by atoms with Crippen LogP contribution in [0, 0.1) is 0 Å². The van der Waals surface area contributed by atoms with Gasteiger partial charge in [-0.1, -0.05) is 31.2 Å². The van der Waals surface area contributed by atoms with Crippen LogP contribution < -0.4 is 15.0 Å². The van der Waals surface area contributed by atoms with Crippen molar-refractivity contribution in [2.24, 2.45) is 0 Å². The van der Waals surface area contributed by atoms with Crippen molar-refractivity contribution in [2.45, 2.75) is 32.4 Å². The van der Waals surface area contributed by atoms with E-state index < -0.39 is 0 Å². The molecule has 5 nitrogen and oxygen atoms in total. The number of benzene rings is 2. The van der Waals surface area contributed by atoms with Crippen LogP contribution in [0.2, 0.25) is 0 Å². The number of rotatable bonds is 5. The van der Waals surface area contributed by atoms with Crippen LogP contribution in [0.1, 0.15) is 25.3 Å². The molecule has 0 saturated carbocycles. The number of nitrogens with one attached hydrogen (secondary N) is 1. The number of piperazine rings is 1. The Labute approximate surface area is 160 Å². The van der Waals surface area contributed by atoms with Crippen LogP contribution in [0.4, 0.5) is 11.4 Å². The molecular weight excluding hydrogens is 338 g/mol. The van der Waals surface area contributed by atoms with E-state index in [9.17, 15) is 4.79 Å². The number of ether oxygens (including phenoxy) is 1. The lowest BCUT2D eigenvalue weighted by Crippen LogP contribution is -2.52. The third kappa shape index (κ3) is 3.93. The van der Waals surface area contributed by atoms with Gasteiger partial charge in [0.15, 0.2) is 6.23 Å². The van der Waals surface area contributed by atoms with Crippen molar-refractivity contribution in [3.8, 4) is 5.75 Å². The van der Waals surface area contributed by atoms with Crippen LogP contribution in [0.25, 0.3) is 0 Å². The zero-order chi connectivity index (χ0) is 18.6. The van der Waals surface area contributed by atoms with Gasteiger partial charge >= 0.3 is 0 Å². The van der Waals surface area contributed by atoms with Crippen LogP contribution in [-0.2, 0) is 11.2 Å². The first-order chi connectivity index (χ1) is 13.2. The van der Waals surface area contributed by atoms with Crippen LogP contribution in [0.3, 0.4) is 0 Å². The molecule has 0 aromatic heterocycles. The minimum atomic E-state index is 0.0621. The lowest BCUT2D eigenvalue weighted by Gasteiger charge is -2.40. The van der Waals surface area contributed by atoms with E-state index in [-0.39, 0.29) is 12.1 Å². The molecule has 2 aliphatic heterocycles. The molecule has 0 aliphatic carbocycles. The quantitative estimate of drug-likeness (QED) is 0.881. The maximum absolute atomic E-state index is 11.6. The number of carbonyl (C=O) groups is 1. The highest BCUT2D eigenvalue weighted by Gasteiger charge is 2.26. The summed E-state index contributed by atoms with van der Waals surface area (Å²) in [6, 6.07) is 16.5. The molecule has 27 heavy (non-hydrogen) atoms. The van der Waals surface area contributed by atoms with E-state index in [2.05, 4.69) is 52.4 Å². The van der Waals surface area contributed by atoms with Crippen molar-refractivity contribution in [1.82, 2.24) is 4.90 Å². The summed E-state index contributed by atoms with van der Waals surface area (Å²) in [5.41, 5.74) is 3.31. The van der Waals surface area contributed by atoms with Crippen LogP contribution >= 0.6 is 0 Å². The Morgan fingerprint density at radius 3 is 2.52 bits per heavy atom. The van der Waals surface area contributed by atoms with Gasteiger partial charge in [-0.25, -0.2) is 0 Å². The molecule has 2 aliphatic rings. The second-order valence-corrected chi connectivity index (χ2v) is 7.17. The second kappa shape index (κ2) is 8.01. The van der Waals surface area contributed by atoms with Gasteiger partial charge in [0.1, 0.15) is 5.75 Å². The van der Waals surface area contributed by atoms with E-state index in [1.807, 2.05) is 18.2 Å². The molecule has 1 atom stereocenters. The summed E-state index contributed by atoms with van der Waals surface area (Å²) in [5, 5.41) is 2.96. The van der Waals surface area contributed by atoms with Gasteiger partial charge in [-0.2, -0.15) is 0 Å². The largest absolute Gasteiger partial charge is 0.475 e. The van der Waals surface area contributed by atoms with Gasteiger partial charge in [0.2, 0.25) is 5.91 Å². The Morgan fingerprint density at radius 1 is 1.00 bits per heavy atom. The van der Waals surface area contributed by atoms with Crippen molar-refractivity contribution < 1.29 is 9.53 Å². The fraction of sp³-hybridized carbons (Fsp3) is 0.409. The summed E-state index contributed by atoms with van der Waals surface area (Å²) < 4.78 is 6.43. The number of hydrogen-bond acceptors (Lipinski definition) is 4. The molecule has 2 heterocycles. The molecule has 1 N–H and O–H groups in total. The standard InChI is InChI=1S/C22H27N3O2/c1-2-22(25-15-13-24(14-16-25)17-7-4-3-5-8-17)27-20-10-6-9-19-18(20)11-12-21(26)23-19/h3-10,22H,2,11-16H2,1H3,(H,23,26). The van der Waals surface area contributed by atoms with Crippen molar-refractivity contribution in [1.29, 1.82) is 0 Å². The molecule has 1 saturated heterocycles.